The van der Waals surface area contributed by atoms with Crippen LogP contribution in [0.15, 0.2) is 23.6 Å². The van der Waals surface area contributed by atoms with E-state index >= 15 is 0 Å². The number of hydrogen-bond acceptors (Lipinski definition) is 5. The summed E-state index contributed by atoms with van der Waals surface area (Å²) in [5, 5.41) is 6.87. The number of nitrogens with one attached hydrogen (secondary N) is 1. The largest absolute Gasteiger partial charge is 0.454 e. The van der Waals surface area contributed by atoms with Gasteiger partial charge in [0.05, 0.1) is 11.7 Å². The number of hydrogen-bond donors (Lipinski definition) is 1. The number of piperidine rings is 1. The minimum absolute atomic E-state index is 0.313. The van der Waals surface area contributed by atoms with Crippen molar-refractivity contribution in [3.8, 4) is 22.8 Å². The van der Waals surface area contributed by atoms with Gasteiger partial charge in [0.1, 0.15) is 5.01 Å². The average Bonchev–Trinajstić information content (AvgIpc) is 3.16. The Morgan fingerprint density at radius 2 is 2.15 bits per heavy atom. The molecule has 104 valence electrons. The van der Waals surface area contributed by atoms with Crippen LogP contribution in [0.2, 0.25) is 0 Å². The van der Waals surface area contributed by atoms with Crippen LogP contribution in [-0.4, -0.2) is 18.3 Å². The normalized spacial score (nSPS) is 21.1. The summed E-state index contributed by atoms with van der Waals surface area (Å²) in [7, 11) is 0. The third-order valence-corrected chi connectivity index (χ3v) is 4.76. The Bertz CT molecular complexity index is 620. The van der Waals surface area contributed by atoms with Gasteiger partial charge in [-0.15, -0.1) is 11.3 Å². The van der Waals surface area contributed by atoms with Crippen LogP contribution in [0, 0.1) is 0 Å². The van der Waals surface area contributed by atoms with Gasteiger partial charge in [-0.05, 0) is 37.6 Å². The topological polar surface area (TPSA) is 43.4 Å². The first-order valence-electron chi connectivity index (χ1n) is 6.99. The van der Waals surface area contributed by atoms with Gasteiger partial charge in [-0.25, -0.2) is 4.98 Å². The molecule has 1 N–H and O–H groups in total. The number of nitrogens with zero attached hydrogens (tertiary/aromatic N) is 1. The van der Waals surface area contributed by atoms with Crippen LogP contribution in [-0.2, 0) is 0 Å². The Hall–Kier alpha value is -1.59. The zero-order valence-electron chi connectivity index (χ0n) is 11.1. The van der Waals surface area contributed by atoms with Crippen molar-refractivity contribution in [1.29, 1.82) is 0 Å². The van der Waals surface area contributed by atoms with Crippen molar-refractivity contribution in [2.45, 2.75) is 25.3 Å². The van der Waals surface area contributed by atoms with Crippen molar-refractivity contribution in [3.63, 3.8) is 0 Å². The summed E-state index contributed by atoms with van der Waals surface area (Å²) in [6.45, 7) is 1.41. The van der Waals surface area contributed by atoms with Crippen molar-refractivity contribution in [3.05, 3.63) is 28.6 Å². The van der Waals surface area contributed by atoms with Gasteiger partial charge in [0.15, 0.2) is 11.5 Å². The predicted molar refractivity (Wildman–Crippen MR) is 78.3 cm³/mol. The first-order chi connectivity index (χ1) is 9.90. The van der Waals surface area contributed by atoms with Crippen LogP contribution in [0.1, 0.15) is 30.3 Å². The van der Waals surface area contributed by atoms with E-state index in [2.05, 4.69) is 10.7 Å². The summed E-state index contributed by atoms with van der Waals surface area (Å²) < 4.78 is 10.8. The van der Waals surface area contributed by atoms with Crippen molar-refractivity contribution in [1.82, 2.24) is 10.3 Å². The zero-order valence-corrected chi connectivity index (χ0v) is 11.9. The highest BCUT2D eigenvalue weighted by atomic mass is 32.1. The maximum atomic E-state index is 5.42. The highest BCUT2D eigenvalue weighted by Gasteiger charge is 2.19. The molecule has 1 fully saturated rings. The summed E-state index contributed by atoms with van der Waals surface area (Å²) in [4.78, 5) is 4.79. The molecule has 1 atom stereocenters. The van der Waals surface area contributed by atoms with Crippen molar-refractivity contribution < 1.29 is 9.47 Å². The summed E-state index contributed by atoms with van der Waals surface area (Å²) in [5.41, 5.74) is 2.11. The summed E-state index contributed by atoms with van der Waals surface area (Å²) >= 11 is 1.74. The standard InChI is InChI=1S/C15H16N2O2S/c1-2-6-16-11(3-1)15-17-12(8-20-15)10-4-5-13-14(7-10)19-9-18-13/h4-5,7-8,11,16H,1-3,6,9H2. The second-order valence-corrected chi connectivity index (χ2v) is 6.03. The van der Waals surface area contributed by atoms with E-state index in [4.69, 9.17) is 14.5 Å². The lowest BCUT2D eigenvalue weighted by atomic mass is 10.1. The molecule has 1 unspecified atom stereocenters. The van der Waals surface area contributed by atoms with Gasteiger partial charge in [-0.2, -0.15) is 0 Å². The third-order valence-electron chi connectivity index (χ3n) is 3.80. The number of fused-ring (bicyclic) bond motifs is 1. The van der Waals surface area contributed by atoms with Gasteiger partial charge >= 0.3 is 0 Å². The lowest BCUT2D eigenvalue weighted by Crippen LogP contribution is -2.26. The Labute approximate surface area is 121 Å². The van der Waals surface area contributed by atoms with Crippen LogP contribution in [0.5, 0.6) is 11.5 Å². The number of benzene rings is 1. The van der Waals surface area contributed by atoms with E-state index in [-0.39, 0.29) is 0 Å². The molecule has 2 aliphatic rings. The first-order valence-corrected chi connectivity index (χ1v) is 7.87. The molecule has 2 aromatic rings. The fourth-order valence-corrected chi connectivity index (χ4v) is 3.64. The molecule has 2 aliphatic heterocycles. The van der Waals surface area contributed by atoms with Crippen molar-refractivity contribution in [2.75, 3.05) is 13.3 Å². The molecule has 1 saturated heterocycles. The Kier molecular flexibility index (Phi) is 3.09. The highest BCUT2D eigenvalue weighted by molar-refractivity contribution is 7.10. The molecule has 4 nitrogen and oxygen atoms in total. The molecule has 0 aliphatic carbocycles. The lowest BCUT2D eigenvalue weighted by Gasteiger charge is -2.21. The molecule has 0 bridgehead atoms. The second kappa shape index (κ2) is 5.07. The monoisotopic (exact) mass is 288 g/mol. The van der Waals surface area contributed by atoms with Crippen LogP contribution < -0.4 is 14.8 Å². The maximum Gasteiger partial charge on any atom is 0.231 e. The fourth-order valence-electron chi connectivity index (χ4n) is 2.70. The average molecular weight is 288 g/mol. The van der Waals surface area contributed by atoms with E-state index in [0.29, 0.717) is 12.8 Å². The SMILES string of the molecule is c1cc2c(cc1-c1csc(C3CCCCN3)n1)OCO2. The molecule has 0 saturated carbocycles. The molecule has 4 rings (SSSR count). The molecule has 0 amide bonds. The Balaban J connectivity index is 1.61. The summed E-state index contributed by atoms with van der Waals surface area (Å²) in [6, 6.07) is 6.43. The summed E-state index contributed by atoms with van der Waals surface area (Å²) in [5.74, 6) is 1.63. The van der Waals surface area contributed by atoms with Gasteiger partial charge in [0.25, 0.3) is 0 Å². The number of thiazole rings is 1. The second-order valence-electron chi connectivity index (χ2n) is 5.14. The first kappa shape index (κ1) is 12.2. The summed E-state index contributed by atoms with van der Waals surface area (Å²) in [6.07, 6.45) is 3.75. The molecule has 0 spiro atoms. The molecule has 1 aromatic carbocycles. The van der Waals surface area contributed by atoms with Crippen LogP contribution >= 0.6 is 11.3 Å². The fraction of sp³-hybridized carbons (Fsp3) is 0.400. The predicted octanol–water partition coefficient (Wildman–Crippen LogP) is 3.35. The molecule has 5 heteroatoms. The molecule has 1 aromatic heterocycles. The van der Waals surface area contributed by atoms with Gasteiger partial charge in [-0.1, -0.05) is 6.42 Å². The molecule has 3 heterocycles. The van der Waals surface area contributed by atoms with Crippen molar-refractivity contribution in [2.24, 2.45) is 0 Å². The number of aromatic nitrogens is 1. The molecule has 0 radical (unpaired) electrons. The Morgan fingerprint density at radius 3 is 3.05 bits per heavy atom. The van der Waals surface area contributed by atoms with Gasteiger partial charge < -0.3 is 14.8 Å². The quantitative estimate of drug-likeness (QED) is 0.920. The lowest BCUT2D eigenvalue weighted by molar-refractivity contribution is 0.174. The van der Waals surface area contributed by atoms with Crippen LogP contribution in [0.25, 0.3) is 11.3 Å². The van der Waals surface area contributed by atoms with E-state index in [1.165, 1.54) is 24.3 Å². The smallest absolute Gasteiger partial charge is 0.231 e. The van der Waals surface area contributed by atoms with Crippen molar-refractivity contribution >= 4 is 11.3 Å². The van der Waals surface area contributed by atoms with Gasteiger partial charge in [0.2, 0.25) is 6.79 Å². The zero-order chi connectivity index (χ0) is 13.4. The van der Waals surface area contributed by atoms with Gasteiger partial charge in [-0.3, -0.25) is 0 Å². The molecular weight excluding hydrogens is 272 g/mol. The Morgan fingerprint density at radius 1 is 1.20 bits per heavy atom. The van der Waals surface area contributed by atoms with E-state index in [0.717, 1.165) is 29.3 Å². The van der Waals surface area contributed by atoms with Gasteiger partial charge in [0, 0.05) is 10.9 Å². The number of rotatable bonds is 2. The molecule has 20 heavy (non-hydrogen) atoms. The third kappa shape index (κ3) is 2.17. The minimum atomic E-state index is 0.313. The maximum absolute atomic E-state index is 5.42. The van der Waals surface area contributed by atoms with Crippen LogP contribution in [0.4, 0.5) is 0 Å². The van der Waals surface area contributed by atoms with E-state index in [1.54, 1.807) is 11.3 Å². The van der Waals surface area contributed by atoms with E-state index in [9.17, 15) is 0 Å². The van der Waals surface area contributed by atoms with E-state index < -0.39 is 0 Å². The number of ether oxygens (including phenoxy) is 2. The highest BCUT2D eigenvalue weighted by Crippen LogP contribution is 2.37. The van der Waals surface area contributed by atoms with Crippen LogP contribution in [0.3, 0.4) is 0 Å². The molecular formula is C15H16N2O2S. The van der Waals surface area contributed by atoms with E-state index in [1.807, 2.05) is 18.2 Å². The minimum Gasteiger partial charge on any atom is -0.454 e.